The molecule has 0 aliphatic carbocycles. The van der Waals surface area contributed by atoms with Crippen molar-refractivity contribution in [1.29, 1.82) is 0 Å². The van der Waals surface area contributed by atoms with E-state index >= 15 is 0 Å². The molecular weight excluding hydrogens is 262 g/mol. The molecule has 102 valence electrons. The summed E-state index contributed by atoms with van der Waals surface area (Å²) in [6, 6.07) is 7.33. The first-order valence-electron chi connectivity index (χ1n) is 6.38. The van der Waals surface area contributed by atoms with Gasteiger partial charge < -0.3 is 5.11 Å². The molecule has 2 rings (SSSR count). The van der Waals surface area contributed by atoms with Crippen molar-refractivity contribution in [3.8, 4) is 0 Å². The molecule has 0 saturated carbocycles. The zero-order valence-corrected chi connectivity index (χ0v) is 11.9. The van der Waals surface area contributed by atoms with Crippen LogP contribution in [0, 0.1) is 0 Å². The van der Waals surface area contributed by atoms with Gasteiger partial charge in [0.05, 0.1) is 5.60 Å². The van der Waals surface area contributed by atoms with E-state index in [2.05, 4.69) is 17.0 Å². The Kier molecular flexibility index (Phi) is 4.22. The first-order chi connectivity index (χ1) is 9.04. The van der Waals surface area contributed by atoms with Crippen molar-refractivity contribution < 1.29 is 5.11 Å². The largest absolute Gasteiger partial charge is 0.385 e. The fraction of sp³-hybridized carbons (Fsp3) is 0.429. The number of aliphatic hydroxyl groups is 1. The Labute approximate surface area is 118 Å². The van der Waals surface area contributed by atoms with E-state index in [0.29, 0.717) is 17.0 Å². The molecule has 1 N–H and O–H groups in total. The van der Waals surface area contributed by atoms with Gasteiger partial charge in [0.15, 0.2) is 0 Å². The minimum absolute atomic E-state index is 0.386. The number of hydrogen-bond acceptors (Lipinski definition) is 3. The number of rotatable bonds is 5. The molecular formula is C14H18ClN3O. The van der Waals surface area contributed by atoms with E-state index in [0.717, 1.165) is 18.8 Å². The summed E-state index contributed by atoms with van der Waals surface area (Å²) in [5.41, 5.74) is -0.348. The predicted molar refractivity (Wildman–Crippen MR) is 75.0 cm³/mol. The summed E-state index contributed by atoms with van der Waals surface area (Å²) in [6.45, 7) is 4.63. The van der Waals surface area contributed by atoms with Crippen LogP contribution in [0.4, 0.5) is 0 Å². The molecule has 0 radical (unpaired) electrons. The van der Waals surface area contributed by atoms with Gasteiger partial charge in [-0.15, -0.1) is 0 Å². The normalized spacial score (nSPS) is 14.3. The van der Waals surface area contributed by atoms with Gasteiger partial charge in [-0.2, -0.15) is 5.10 Å². The number of nitrogens with zero attached hydrogens (tertiary/aromatic N) is 3. The van der Waals surface area contributed by atoms with Crippen LogP contribution in [-0.2, 0) is 18.6 Å². The predicted octanol–water partition coefficient (Wildman–Crippen LogP) is 2.79. The topological polar surface area (TPSA) is 50.9 Å². The molecule has 0 amide bonds. The maximum atomic E-state index is 10.7. The fourth-order valence-corrected chi connectivity index (χ4v) is 2.46. The molecule has 5 heteroatoms. The zero-order valence-electron chi connectivity index (χ0n) is 11.2. The standard InChI is InChI=1S/C14H18ClN3O/c1-3-8-18-13(16-10-17-18)9-14(2,19)11-6-4-5-7-12(11)15/h4-7,10,19H,3,8-9H2,1-2H3. The van der Waals surface area contributed by atoms with Crippen LogP contribution in [0.3, 0.4) is 0 Å². The van der Waals surface area contributed by atoms with Crippen LogP contribution in [0.5, 0.6) is 0 Å². The Morgan fingerprint density at radius 3 is 2.79 bits per heavy atom. The minimum atomic E-state index is -1.06. The van der Waals surface area contributed by atoms with E-state index in [4.69, 9.17) is 11.6 Å². The molecule has 0 bridgehead atoms. The maximum absolute atomic E-state index is 10.7. The summed E-state index contributed by atoms with van der Waals surface area (Å²) in [4.78, 5) is 4.22. The minimum Gasteiger partial charge on any atom is -0.385 e. The van der Waals surface area contributed by atoms with Crippen LogP contribution in [0.2, 0.25) is 5.02 Å². The molecule has 0 saturated heterocycles. The van der Waals surface area contributed by atoms with E-state index < -0.39 is 5.60 Å². The third-order valence-corrected chi connectivity index (χ3v) is 3.42. The highest BCUT2D eigenvalue weighted by molar-refractivity contribution is 6.31. The van der Waals surface area contributed by atoms with Crippen LogP contribution < -0.4 is 0 Å². The van der Waals surface area contributed by atoms with Gasteiger partial charge in [0.25, 0.3) is 0 Å². The van der Waals surface area contributed by atoms with Crippen LogP contribution in [0.25, 0.3) is 0 Å². The summed E-state index contributed by atoms with van der Waals surface area (Å²) >= 11 is 6.15. The second-order valence-corrected chi connectivity index (χ2v) is 5.24. The van der Waals surface area contributed by atoms with Gasteiger partial charge in [0.2, 0.25) is 0 Å². The molecule has 1 atom stereocenters. The Hall–Kier alpha value is -1.39. The van der Waals surface area contributed by atoms with Crippen LogP contribution in [0.1, 0.15) is 31.7 Å². The summed E-state index contributed by atoms with van der Waals surface area (Å²) in [5.74, 6) is 0.770. The molecule has 0 fully saturated rings. The molecule has 0 aliphatic rings. The SMILES string of the molecule is CCCn1ncnc1CC(C)(O)c1ccccc1Cl. The van der Waals surface area contributed by atoms with Crippen LogP contribution in [0.15, 0.2) is 30.6 Å². The average Bonchev–Trinajstić information content (AvgIpc) is 2.77. The first-order valence-corrected chi connectivity index (χ1v) is 6.76. The lowest BCUT2D eigenvalue weighted by Gasteiger charge is -2.24. The lowest BCUT2D eigenvalue weighted by Crippen LogP contribution is -2.27. The Balaban J connectivity index is 2.26. The molecule has 4 nitrogen and oxygen atoms in total. The van der Waals surface area contributed by atoms with Gasteiger partial charge >= 0.3 is 0 Å². The fourth-order valence-electron chi connectivity index (χ4n) is 2.12. The van der Waals surface area contributed by atoms with E-state index in [-0.39, 0.29) is 0 Å². The van der Waals surface area contributed by atoms with Crippen molar-refractivity contribution >= 4 is 11.6 Å². The van der Waals surface area contributed by atoms with E-state index in [1.165, 1.54) is 6.33 Å². The number of benzene rings is 1. The summed E-state index contributed by atoms with van der Waals surface area (Å²) in [7, 11) is 0. The van der Waals surface area contributed by atoms with Crippen LogP contribution >= 0.6 is 11.6 Å². The molecule has 19 heavy (non-hydrogen) atoms. The van der Waals surface area contributed by atoms with Gasteiger partial charge in [0.1, 0.15) is 12.2 Å². The van der Waals surface area contributed by atoms with Crippen molar-refractivity contribution in [2.24, 2.45) is 0 Å². The molecule has 0 aliphatic heterocycles. The zero-order chi connectivity index (χ0) is 13.9. The average molecular weight is 280 g/mol. The second kappa shape index (κ2) is 5.72. The molecule has 1 heterocycles. The number of halogens is 1. The quantitative estimate of drug-likeness (QED) is 0.916. The van der Waals surface area contributed by atoms with Crippen molar-refractivity contribution in [3.05, 3.63) is 47.0 Å². The molecule has 1 aromatic heterocycles. The van der Waals surface area contributed by atoms with Crippen LogP contribution in [-0.4, -0.2) is 19.9 Å². The summed E-state index contributed by atoms with van der Waals surface area (Å²) in [5, 5.41) is 15.4. The van der Waals surface area contributed by atoms with Gasteiger partial charge in [-0.25, -0.2) is 9.67 Å². The van der Waals surface area contributed by atoms with Crippen molar-refractivity contribution in [3.63, 3.8) is 0 Å². The lowest BCUT2D eigenvalue weighted by atomic mass is 9.92. The number of aromatic nitrogens is 3. The van der Waals surface area contributed by atoms with Gasteiger partial charge in [0, 0.05) is 23.6 Å². The molecule has 0 spiro atoms. The van der Waals surface area contributed by atoms with Gasteiger partial charge in [-0.1, -0.05) is 36.7 Å². The maximum Gasteiger partial charge on any atom is 0.138 e. The van der Waals surface area contributed by atoms with Gasteiger partial charge in [-0.3, -0.25) is 0 Å². The highest BCUT2D eigenvalue weighted by Gasteiger charge is 2.28. The molecule has 1 unspecified atom stereocenters. The van der Waals surface area contributed by atoms with E-state index in [1.54, 1.807) is 13.0 Å². The summed E-state index contributed by atoms with van der Waals surface area (Å²) in [6.07, 6.45) is 2.88. The monoisotopic (exact) mass is 279 g/mol. The third kappa shape index (κ3) is 3.14. The summed E-state index contributed by atoms with van der Waals surface area (Å²) < 4.78 is 1.82. The first kappa shape index (κ1) is 14.0. The Morgan fingerprint density at radius 2 is 2.11 bits per heavy atom. The smallest absolute Gasteiger partial charge is 0.138 e. The third-order valence-electron chi connectivity index (χ3n) is 3.09. The molecule has 2 aromatic rings. The van der Waals surface area contributed by atoms with E-state index in [1.807, 2.05) is 22.9 Å². The number of aryl methyl sites for hydroxylation is 1. The Morgan fingerprint density at radius 1 is 1.37 bits per heavy atom. The van der Waals surface area contributed by atoms with E-state index in [9.17, 15) is 5.11 Å². The van der Waals surface area contributed by atoms with Gasteiger partial charge in [-0.05, 0) is 19.4 Å². The van der Waals surface area contributed by atoms with Crippen molar-refractivity contribution in [1.82, 2.24) is 14.8 Å². The van der Waals surface area contributed by atoms with Crippen molar-refractivity contribution in [2.45, 2.75) is 38.8 Å². The highest BCUT2D eigenvalue weighted by Crippen LogP contribution is 2.30. The number of hydrogen-bond donors (Lipinski definition) is 1. The second-order valence-electron chi connectivity index (χ2n) is 4.83. The Bertz CT molecular complexity index is 551. The van der Waals surface area contributed by atoms with Crippen molar-refractivity contribution in [2.75, 3.05) is 0 Å². The molecule has 1 aromatic carbocycles. The lowest BCUT2D eigenvalue weighted by molar-refractivity contribution is 0.0543. The highest BCUT2D eigenvalue weighted by atomic mass is 35.5.